The topological polar surface area (TPSA) is 41.9 Å². The van der Waals surface area contributed by atoms with Crippen molar-refractivity contribution in [3.8, 4) is 11.5 Å². The Morgan fingerprint density at radius 1 is 1.55 bits per heavy atom. The Kier molecular flexibility index (Phi) is 1.14. The van der Waals surface area contributed by atoms with Crippen molar-refractivity contribution in [3.63, 3.8) is 0 Å². The van der Waals surface area contributed by atoms with Crippen LogP contribution in [0.15, 0.2) is 24.2 Å². The fourth-order valence-electron chi connectivity index (χ4n) is 4.36. The molecule has 5 atom stereocenters. The molecular weight excluding hydrogens is 278 g/mol. The minimum atomic E-state index is -3.01. The highest BCUT2D eigenvalue weighted by Crippen LogP contribution is 2.62. The standard InChI is InChI=1S/C18H21NO3/c1-19-8-7-18-11-4-5-13(20)17(18)22-16-14(21-2)6-3-10(15(16)18)9-12(11)19/h3-6,11-13,17,20H,7-9H2,1-2H3/t11-,12+,13?,17?,18-/m0/s1/i1D3,2D3,3D,6D,12D,13D,17D. The molecule has 2 unspecified atom stereocenters. The van der Waals surface area contributed by atoms with E-state index in [9.17, 15) is 6.48 Å². The van der Waals surface area contributed by atoms with Crippen LogP contribution >= 0.6 is 0 Å². The summed E-state index contributed by atoms with van der Waals surface area (Å²) in [5, 5.41) is 10.9. The Balaban J connectivity index is 1.89. The predicted molar refractivity (Wildman–Crippen MR) is 82.5 cm³/mol. The second-order valence-electron chi connectivity index (χ2n) is 6.06. The van der Waals surface area contributed by atoms with Crippen molar-refractivity contribution in [2.75, 3.05) is 20.6 Å². The summed E-state index contributed by atoms with van der Waals surface area (Å²) in [6, 6.07) is -3.01. The van der Waals surface area contributed by atoms with E-state index >= 15 is 0 Å². The zero-order valence-corrected chi connectivity index (χ0v) is 11.6. The summed E-state index contributed by atoms with van der Waals surface area (Å²) < 4.78 is 101. The lowest BCUT2D eigenvalue weighted by molar-refractivity contribution is -0.0453. The molecule has 0 radical (unpaired) electrons. The number of likely N-dealkylation sites (tertiary alicyclic amines) is 1. The summed E-state index contributed by atoms with van der Waals surface area (Å²) in [6.45, 7) is -2.86. The maximum Gasteiger partial charge on any atom is 0.165 e. The third-order valence-electron chi connectivity index (χ3n) is 5.22. The number of likely N-dealkylation sites (N-methyl/N-ethyl adjacent to an activating group) is 1. The van der Waals surface area contributed by atoms with E-state index in [2.05, 4.69) is 0 Å². The first-order valence-electron chi connectivity index (χ1n) is 12.6. The minimum Gasteiger partial charge on any atom is -0.493 e. The summed E-state index contributed by atoms with van der Waals surface area (Å²) in [6.07, 6.45) is -3.23. The van der Waals surface area contributed by atoms with Crippen LogP contribution in [0.4, 0.5) is 0 Å². The first-order valence-corrected chi connectivity index (χ1v) is 7.15. The minimum absolute atomic E-state index is 0.0633. The molecule has 2 aliphatic carbocycles. The number of methoxy groups -OCH3 is 1. The molecule has 4 heteroatoms. The van der Waals surface area contributed by atoms with Gasteiger partial charge in [-0.15, -0.1) is 0 Å². The van der Waals surface area contributed by atoms with Gasteiger partial charge in [0.15, 0.2) is 11.5 Å². The van der Waals surface area contributed by atoms with E-state index in [0.29, 0.717) is 0 Å². The van der Waals surface area contributed by atoms with Crippen LogP contribution in [0.1, 0.15) is 32.6 Å². The Morgan fingerprint density at radius 3 is 3.36 bits per heavy atom. The molecule has 1 fully saturated rings. The average Bonchev–Trinajstić information content (AvgIpc) is 2.91. The molecular formula is C18H21NO3. The van der Waals surface area contributed by atoms with Crippen molar-refractivity contribution in [1.82, 2.24) is 4.90 Å². The van der Waals surface area contributed by atoms with Gasteiger partial charge in [0.25, 0.3) is 0 Å². The quantitative estimate of drug-likeness (QED) is 0.798. The van der Waals surface area contributed by atoms with Crippen molar-refractivity contribution in [2.45, 2.75) is 36.4 Å². The largest absolute Gasteiger partial charge is 0.493 e. The van der Waals surface area contributed by atoms with E-state index < -0.39 is 61.4 Å². The number of rotatable bonds is 1. The maximum atomic E-state index is 10.9. The molecule has 1 aromatic rings. The second kappa shape index (κ2) is 4.06. The van der Waals surface area contributed by atoms with Crippen LogP contribution in [-0.4, -0.2) is 48.7 Å². The molecule has 2 bridgehead atoms. The van der Waals surface area contributed by atoms with Crippen LogP contribution in [0.2, 0.25) is 0 Å². The summed E-state index contributed by atoms with van der Waals surface area (Å²) in [4.78, 5) is 1.01. The summed E-state index contributed by atoms with van der Waals surface area (Å²) >= 11 is 0. The monoisotopic (exact) mass is 310 g/mol. The fourth-order valence-corrected chi connectivity index (χ4v) is 4.36. The normalized spacial score (nSPS) is 59.5. The molecule has 4 aliphatic rings. The molecule has 4 nitrogen and oxygen atoms in total. The van der Waals surface area contributed by atoms with Gasteiger partial charge in [0, 0.05) is 28.4 Å². The van der Waals surface area contributed by atoms with Crippen molar-refractivity contribution in [2.24, 2.45) is 5.92 Å². The molecule has 1 N–H and O–H groups in total. The third-order valence-corrected chi connectivity index (χ3v) is 5.22. The Morgan fingerprint density at radius 2 is 2.50 bits per heavy atom. The summed E-state index contributed by atoms with van der Waals surface area (Å²) in [5.74, 6) is -1.95. The molecule has 1 spiro atoms. The van der Waals surface area contributed by atoms with E-state index in [4.69, 9.17) is 23.2 Å². The van der Waals surface area contributed by atoms with Crippen molar-refractivity contribution in [3.05, 3.63) is 35.4 Å². The Hall–Kier alpha value is -1.52. The molecule has 0 aromatic heterocycles. The van der Waals surface area contributed by atoms with E-state index in [1.54, 1.807) is 0 Å². The number of hydrogen-bond donors (Lipinski definition) is 1. The van der Waals surface area contributed by atoms with Crippen LogP contribution in [0.3, 0.4) is 0 Å². The van der Waals surface area contributed by atoms with Crippen LogP contribution in [0.25, 0.3) is 0 Å². The molecule has 1 aromatic carbocycles. The van der Waals surface area contributed by atoms with Crippen molar-refractivity contribution in [1.29, 1.82) is 0 Å². The van der Waals surface area contributed by atoms with Gasteiger partial charge in [-0.3, -0.25) is 0 Å². The van der Waals surface area contributed by atoms with Gasteiger partial charge in [-0.05, 0) is 38.0 Å². The third kappa shape index (κ3) is 1.28. The van der Waals surface area contributed by atoms with Crippen molar-refractivity contribution < 1.29 is 29.7 Å². The molecule has 1 saturated heterocycles. The van der Waals surface area contributed by atoms with Gasteiger partial charge in [-0.25, -0.2) is 0 Å². The summed E-state index contributed by atoms with van der Waals surface area (Å²) in [5.41, 5.74) is -1.43. The number of piperidine rings is 1. The molecule has 2 aliphatic heterocycles. The van der Waals surface area contributed by atoms with Gasteiger partial charge in [-0.1, -0.05) is 18.2 Å². The lowest BCUT2D eigenvalue weighted by atomic mass is 9.53. The average molecular weight is 310 g/mol. The highest BCUT2D eigenvalue weighted by molar-refractivity contribution is 5.62. The van der Waals surface area contributed by atoms with E-state index in [0.717, 1.165) is 11.0 Å². The van der Waals surface area contributed by atoms with Crippen LogP contribution in [0, 0.1) is 5.92 Å². The molecule has 0 amide bonds. The predicted octanol–water partition coefficient (Wildman–Crippen LogP) is 1.50. The molecule has 2 heterocycles. The number of nitrogens with zero attached hydrogens (tertiary/aromatic N) is 1. The van der Waals surface area contributed by atoms with Gasteiger partial charge in [0.05, 0.1) is 16.6 Å². The van der Waals surface area contributed by atoms with Crippen LogP contribution in [0.5, 0.6) is 11.5 Å². The van der Waals surface area contributed by atoms with Crippen molar-refractivity contribution >= 4 is 0 Å². The van der Waals surface area contributed by atoms with Gasteiger partial charge >= 0.3 is 0 Å². The SMILES string of the molecule is [2H]c1c([2H])c(OC([2H])([2H])[2H])c2c3c1C[C@]1([2H])[C@@H]4C=CC([2H])(O)C([2H])(O2)[C@]34CCN1C([2H])([2H])[2H]. The first-order chi connectivity index (χ1) is 14.9. The smallest absolute Gasteiger partial charge is 0.165 e. The van der Waals surface area contributed by atoms with Gasteiger partial charge in [0.2, 0.25) is 0 Å². The lowest BCUT2D eigenvalue weighted by Crippen LogP contribution is -2.64. The number of aliphatic hydroxyl groups is 1. The van der Waals surface area contributed by atoms with E-state index in [1.165, 1.54) is 6.08 Å². The van der Waals surface area contributed by atoms with Gasteiger partial charge < -0.3 is 19.5 Å². The van der Waals surface area contributed by atoms with E-state index in [1.807, 2.05) is 0 Å². The molecule has 5 rings (SSSR count). The van der Waals surface area contributed by atoms with Gasteiger partial charge in [-0.2, -0.15) is 0 Å². The Bertz CT molecular complexity index is 1100. The highest BCUT2D eigenvalue weighted by atomic mass is 16.5. The number of ether oxygens (including phenoxy) is 2. The first kappa shape index (κ1) is 6.17. The van der Waals surface area contributed by atoms with Gasteiger partial charge in [0.1, 0.15) is 12.2 Å². The van der Waals surface area contributed by atoms with E-state index in [-0.39, 0.29) is 36.3 Å². The summed E-state index contributed by atoms with van der Waals surface area (Å²) in [7, 11) is -3.01. The fraction of sp³-hybridized carbons (Fsp3) is 0.556. The molecule has 116 valence electrons. The van der Waals surface area contributed by atoms with Crippen LogP contribution in [-0.2, 0) is 11.8 Å². The molecule has 22 heavy (non-hydrogen) atoms. The zero-order valence-electron chi connectivity index (χ0n) is 22.6. The van der Waals surface area contributed by atoms with Crippen LogP contribution < -0.4 is 9.47 Å². The highest BCUT2D eigenvalue weighted by Gasteiger charge is 2.64. The molecule has 0 saturated carbocycles. The maximum absolute atomic E-state index is 10.9. The second-order valence-corrected chi connectivity index (χ2v) is 6.06. The zero-order chi connectivity index (χ0) is 24.6. The Labute approximate surface area is 145 Å². The number of hydrogen-bond acceptors (Lipinski definition) is 4. The lowest BCUT2D eigenvalue weighted by Gasteiger charge is -2.56. The number of benzene rings is 1.